The Hall–Kier alpha value is -2.16. The van der Waals surface area contributed by atoms with Gasteiger partial charge in [0.25, 0.3) is 5.56 Å². The summed E-state index contributed by atoms with van der Waals surface area (Å²) in [6.45, 7) is 4.00. The number of para-hydroxylation sites is 1. The van der Waals surface area contributed by atoms with Crippen molar-refractivity contribution in [3.8, 4) is 0 Å². The minimum Gasteiger partial charge on any atom is -0.321 e. The highest BCUT2D eigenvalue weighted by Crippen LogP contribution is 2.17. The van der Waals surface area contributed by atoms with Crippen LogP contribution < -0.4 is 5.56 Å². The molecule has 1 aromatic carbocycles. The van der Waals surface area contributed by atoms with E-state index in [9.17, 15) is 4.79 Å². The number of rotatable bonds is 0. The third kappa shape index (κ3) is 1.91. The van der Waals surface area contributed by atoms with Crippen LogP contribution in [0.25, 0.3) is 21.8 Å². The number of hydrogen-bond acceptors (Lipinski definition) is 2. The van der Waals surface area contributed by atoms with Gasteiger partial charge in [-0.2, -0.15) is 0 Å². The molecule has 0 bridgehead atoms. The molecular weight excluding hydrogens is 212 g/mol. The molecule has 3 heteroatoms. The molecule has 0 aliphatic rings. The van der Waals surface area contributed by atoms with Crippen molar-refractivity contribution >= 4 is 21.8 Å². The summed E-state index contributed by atoms with van der Waals surface area (Å²) in [6, 6.07) is 11.2. The van der Waals surface area contributed by atoms with Crippen LogP contribution in [0.1, 0.15) is 13.8 Å². The number of hydrogen-bond donors (Lipinski definition) is 1. The molecule has 0 unspecified atom stereocenters. The van der Waals surface area contributed by atoms with Crippen LogP contribution in [0, 0.1) is 0 Å². The number of fused-ring (bicyclic) bond motifs is 3. The van der Waals surface area contributed by atoms with Gasteiger partial charge in [0.2, 0.25) is 0 Å². The SMILES string of the molecule is CC.O=c1[nH]c2ccccc2c2ncccc12. The summed E-state index contributed by atoms with van der Waals surface area (Å²) in [7, 11) is 0. The first-order valence-electron chi connectivity index (χ1n) is 5.72. The molecule has 1 N–H and O–H groups in total. The molecular formula is C14H14N2O. The van der Waals surface area contributed by atoms with Gasteiger partial charge in [0.05, 0.1) is 16.4 Å². The number of H-pyrrole nitrogens is 1. The molecule has 3 aromatic rings. The van der Waals surface area contributed by atoms with Crippen LogP contribution >= 0.6 is 0 Å². The predicted octanol–water partition coefficient (Wildman–Crippen LogP) is 3.10. The Balaban J connectivity index is 0.000000514. The van der Waals surface area contributed by atoms with Gasteiger partial charge >= 0.3 is 0 Å². The normalized spacial score (nSPS) is 10.0. The van der Waals surface area contributed by atoms with Crippen LogP contribution in [-0.4, -0.2) is 9.97 Å². The standard InChI is InChI=1S/C12H8N2O.C2H6/c15-12-9-5-3-7-13-11(9)8-4-1-2-6-10(8)14-12;1-2/h1-7H,(H,14,15);1-2H3. The lowest BCUT2D eigenvalue weighted by atomic mass is 10.1. The molecule has 0 aliphatic carbocycles. The van der Waals surface area contributed by atoms with E-state index in [0.29, 0.717) is 5.39 Å². The zero-order chi connectivity index (χ0) is 12.3. The largest absolute Gasteiger partial charge is 0.321 e. The van der Waals surface area contributed by atoms with Crippen molar-refractivity contribution in [2.75, 3.05) is 0 Å². The Labute approximate surface area is 99.1 Å². The molecule has 0 amide bonds. The maximum absolute atomic E-state index is 11.7. The Morgan fingerprint density at radius 1 is 1.00 bits per heavy atom. The van der Waals surface area contributed by atoms with E-state index in [1.165, 1.54) is 0 Å². The predicted molar refractivity (Wildman–Crippen MR) is 71.2 cm³/mol. The van der Waals surface area contributed by atoms with Gasteiger partial charge in [-0.3, -0.25) is 9.78 Å². The fraction of sp³-hybridized carbons (Fsp3) is 0.143. The number of nitrogens with one attached hydrogen (secondary N) is 1. The van der Waals surface area contributed by atoms with E-state index >= 15 is 0 Å². The summed E-state index contributed by atoms with van der Waals surface area (Å²) in [5.41, 5.74) is 1.50. The zero-order valence-electron chi connectivity index (χ0n) is 9.90. The van der Waals surface area contributed by atoms with E-state index in [-0.39, 0.29) is 5.56 Å². The monoisotopic (exact) mass is 226 g/mol. The van der Waals surface area contributed by atoms with Crippen molar-refractivity contribution in [1.82, 2.24) is 9.97 Å². The summed E-state index contributed by atoms with van der Waals surface area (Å²) >= 11 is 0. The summed E-state index contributed by atoms with van der Waals surface area (Å²) in [5, 5.41) is 1.61. The molecule has 0 fully saturated rings. The fourth-order valence-corrected chi connectivity index (χ4v) is 1.79. The van der Waals surface area contributed by atoms with Gasteiger partial charge in [0, 0.05) is 11.6 Å². The van der Waals surface area contributed by atoms with Gasteiger partial charge in [0.15, 0.2) is 0 Å². The third-order valence-corrected chi connectivity index (χ3v) is 2.48. The smallest absolute Gasteiger partial charge is 0.257 e. The minimum absolute atomic E-state index is 0.0863. The van der Waals surface area contributed by atoms with Gasteiger partial charge in [-0.25, -0.2) is 0 Å². The van der Waals surface area contributed by atoms with Crippen molar-refractivity contribution < 1.29 is 0 Å². The molecule has 0 atom stereocenters. The molecule has 17 heavy (non-hydrogen) atoms. The van der Waals surface area contributed by atoms with Crippen LogP contribution in [0.5, 0.6) is 0 Å². The number of aromatic amines is 1. The molecule has 2 aromatic heterocycles. The summed E-state index contributed by atoms with van der Waals surface area (Å²) in [5.74, 6) is 0. The highest BCUT2D eigenvalue weighted by Gasteiger charge is 2.03. The average Bonchev–Trinajstić information content (AvgIpc) is 2.42. The second-order valence-electron chi connectivity index (χ2n) is 3.40. The van der Waals surface area contributed by atoms with E-state index in [1.807, 2.05) is 38.1 Å². The van der Waals surface area contributed by atoms with E-state index in [2.05, 4.69) is 9.97 Å². The van der Waals surface area contributed by atoms with Gasteiger partial charge in [-0.15, -0.1) is 0 Å². The lowest BCUT2D eigenvalue weighted by Gasteiger charge is -2.01. The molecule has 0 saturated heterocycles. The van der Waals surface area contributed by atoms with Crippen LogP contribution in [0.2, 0.25) is 0 Å². The molecule has 0 saturated carbocycles. The lowest BCUT2D eigenvalue weighted by Crippen LogP contribution is -2.06. The fourth-order valence-electron chi connectivity index (χ4n) is 1.79. The Kier molecular flexibility index (Phi) is 3.19. The van der Waals surface area contributed by atoms with Crippen molar-refractivity contribution in [2.24, 2.45) is 0 Å². The summed E-state index contributed by atoms with van der Waals surface area (Å²) in [4.78, 5) is 18.8. The van der Waals surface area contributed by atoms with Gasteiger partial charge in [-0.1, -0.05) is 32.0 Å². The first-order chi connectivity index (χ1) is 8.36. The third-order valence-electron chi connectivity index (χ3n) is 2.48. The number of pyridine rings is 2. The van der Waals surface area contributed by atoms with Crippen LogP contribution in [0.15, 0.2) is 47.4 Å². The van der Waals surface area contributed by atoms with E-state index in [4.69, 9.17) is 0 Å². The van der Waals surface area contributed by atoms with Crippen molar-refractivity contribution in [2.45, 2.75) is 13.8 Å². The lowest BCUT2D eigenvalue weighted by molar-refractivity contribution is 1.32. The van der Waals surface area contributed by atoms with Gasteiger partial charge in [0.1, 0.15) is 0 Å². The quantitative estimate of drug-likeness (QED) is 0.599. The second-order valence-corrected chi connectivity index (χ2v) is 3.40. The van der Waals surface area contributed by atoms with Crippen LogP contribution in [0.4, 0.5) is 0 Å². The molecule has 0 radical (unpaired) electrons. The maximum Gasteiger partial charge on any atom is 0.257 e. The van der Waals surface area contributed by atoms with Crippen LogP contribution in [-0.2, 0) is 0 Å². The van der Waals surface area contributed by atoms with E-state index < -0.39 is 0 Å². The second kappa shape index (κ2) is 4.78. The van der Waals surface area contributed by atoms with Crippen molar-refractivity contribution in [1.29, 1.82) is 0 Å². The minimum atomic E-state index is -0.0863. The molecule has 3 nitrogen and oxygen atoms in total. The Morgan fingerprint density at radius 3 is 2.53 bits per heavy atom. The zero-order valence-corrected chi connectivity index (χ0v) is 9.90. The highest BCUT2D eigenvalue weighted by atomic mass is 16.1. The Morgan fingerprint density at radius 2 is 1.71 bits per heavy atom. The first-order valence-corrected chi connectivity index (χ1v) is 5.72. The number of nitrogens with zero attached hydrogens (tertiary/aromatic N) is 1. The van der Waals surface area contributed by atoms with Crippen LogP contribution in [0.3, 0.4) is 0 Å². The topological polar surface area (TPSA) is 45.8 Å². The highest BCUT2D eigenvalue weighted by molar-refractivity contribution is 6.02. The Bertz CT molecular complexity index is 701. The molecule has 3 rings (SSSR count). The van der Waals surface area contributed by atoms with E-state index in [0.717, 1.165) is 16.4 Å². The molecule has 86 valence electrons. The molecule has 0 spiro atoms. The maximum atomic E-state index is 11.7. The summed E-state index contributed by atoms with van der Waals surface area (Å²) < 4.78 is 0. The molecule has 0 aliphatic heterocycles. The summed E-state index contributed by atoms with van der Waals surface area (Å²) in [6.07, 6.45) is 1.70. The average molecular weight is 226 g/mol. The molecule has 2 heterocycles. The number of benzene rings is 1. The van der Waals surface area contributed by atoms with E-state index in [1.54, 1.807) is 18.3 Å². The van der Waals surface area contributed by atoms with Gasteiger partial charge in [-0.05, 0) is 18.2 Å². The number of aromatic nitrogens is 2. The van der Waals surface area contributed by atoms with Crippen molar-refractivity contribution in [3.05, 3.63) is 52.9 Å². The van der Waals surface area contributed by atoms with Gasteiger partial charge < -0.3 is 4.98 Å². The first kappa shape index (κ1) is 11.3. The van der Waals surface area contributed by atoms with Crippen molar-refractivity contribution in [3.63, 3.8) is 0 Å².